The van der Waals surface area contributed by atoms with Gasteiger partial charge in [-0.25, -0.2) is 4.39 Å². The summed E-state index contributed by atoms with van der Waals surface area (Å²) >= 11 is 1.28. The maximum Gasteiger partial charge on any atom is 0.295 e. The summed E-state index contributed by atoms with van der Waals surface area (Å²) < 4.78 is 14.4. The molecule has 1 N–H and O–H groups in total. The molecule has 3 aromatic rings. The van der Waals surface area contributed by atoms with E-state index in [1.807, 2.05) is 0 Å². The van der Waals surface area contributed by atoms with Crippen LogP contribution in [0.25, 0.3) is 4.96 Å². The number of anilines is 1. The van der Waals surface area contributed by atoms with Crippen molar-refractivity contribution in [2.45, 2.75) is 6.92 Å². The number of hydrogen-bond acceptors (Lipinski definition) is 5. The molecule has 1 aromatic carbocycles. The number of nitrogens with zero attached hydrogens (tertiary/aromatic N) is 4. The van der Waals surface area contributed by atoms with Gasteiger partial charge in [-0.1, -0.05) is 11.3 Å². The molecule has 0 unspecified atom stereocenters. The second kappa shape index (κ2) is 4.39. The Morgan fingerprint density at radius 3 is 3.05 bits per heavy atom. The van der Waals surface area contributed by atoms with Crippen molar-refractivity contribution in [3.63, 3.8) is 0 Å². The van der Waals surface area contributed by atoms with Gasteiger partial charge in [-0.05, 0) is 30.7 Å². The number of aryl methyl sites for hydroxylation is 1. The molecule has 0 saturated heterocycles. The molecule has 8 heteroatoms. The van der Waals surface area contributed by atoms with Crippen molar-refractivity contribution >= 4 is 27.9 Å². The molecule has 0 bridgehead atoms. The van der Waals surface area contributed by atoms with E-state index in [2.05, 4.69) is 20.5 Å². The highest BCUT2D eigenvalue weighted by Crippen LogP contribution is 2.14. The topological polar surface area (TPSA) is 72.2 Å². The fourth-order valence-corrected chi connectivity index (χ4v) is 2.11. The van der Waals surface area contributed by atoms with E-state index in [4.69, 9.17) is 0 Å². The van der Waals surface area contributed by atoms with Gasteiger partial charge in [0.1, 0.15) is 11.3 Å². The number of fused-ring (bicyclic) bond motifs is 1. The average molecular weight is 277 g/mol. The van der Waals surface area contributed by atoms with Crippen LogP contribution >= 0.6 is 11.3 Å². The molecule has 3 rings (SSSR count). The van der Waals surface area contributed by atoms with Crippen LogP contribution in [-0.4, -0.2) is 25.7 Å². The lowest BCUT2D eigenvalue weighted by molar-refractivity contribution is 0.101. The van der Waals surface area contributed by atoms with Gasteiger partial charge in [-0.3, -0.25) is 4.79 Å². The van der Waals surface area contributed by atoms with Crippen LogP contribution in [0.1, 0.15) is 16.2 Å². The number of rotatable bonds is 2. The minimum Gasteiger partial charge on any atom is -0.319 e. The Morgan fingerprint density at radius 1 is 1.47 bits per heavy atom. The smallest absolute Gasteiger partial charge is 0.295 e. The predicted octanol–water partition coefficient (Wildman–Crippen LogP) is 1.89. The molecular formula is C11H8FN5OS. The van der Waals surface area contributed by atoms with Crippen LogP contribution in [0.2, 0.25) is 0 Å². The monoisotopic (exact) mass is 277 g/mol. The summed E-state index contributed by atoms with van der Waals surface area (Å²) in [5.74, 6) is -0.743. The van der Waals surface area contributed by atoms with Gasteiger partial charge < -0.3 is 5.32 Å². The van der Waals surface area contributed by atoms with E-state index >= 15 is 0 Å². The Labute approximate surface area is 110 Å². The summed E-state index contributed by atoms with van der Waals surface area (Å²) in [4.78, 5) is 16.5. The molecule has 1 amide bonds. The first kappa shape index (κ1) is 11.7. The van der Waals surface area contributed by atoms with Gasteiger partial charge in [0.25, 0.3) is 5.91 Å². The van der Waals surface area contributed by atoms with E-state index in [9.17, 15) is 9.18 Å². The van der Waals surface area contributed by atoms with Crippen LogP contribution in [0.4, 0.5) is 10.1 Å². The fraction of sp³-hybridized carbons (Fsp3) is 0.0909. The zero-order valence-corrected chi connectivity index (χ0v) is 10.6. The Bertz CT molecular complexity index is 737. The SMILES string of the molecule is Cc1cc(NC(=O)c2nc3scnn3n2)ccc1F. The normalized spacial score (nSPS) is 10.8. The highest BCUT2D eigenvalue weighted by Gasteiger charge is 2.14. The highest BCUT2D eigenvalue weighted by atomic mass is 32.1. The van der Waals surface area contributed by atoms with Gasteiger partial charge in [-0.2, -0.15) is 4.98 Å². The molecule has 19 heavy (non-hydrogen) atoms. The first-order valence-corrected chi connectivity index (χ1v) is 6.25. The van der Waals surface area contributed by atoms with Crippen molar-refractivity contribution < 1.29 is 9.18 Å². The Hall–Kier alpha value is -2.35. The third-order valence-corrected chi connectivity index (χ3v) is 3.16. The lowest BCUT2D eigenvalue weighted by Gasteiger charge is -2.03. The minimum absolute atomic E-state index is 0.0290. The van der Waals surface area contributed by atoms with Gasteiger partial charge in [0.15, 0.2) is 0 Å². The number of carbonyl (C=O) groups is 1. The number of nitrogens with one attached hydrogen (secondary N) is 1. The number of hydrogen-bond donors (Lipinski definition) is 1. The van der Waals surface area contributed by atoms with Crippen LogP contribution in [0, 0.1) is 12.7 Å². The standard InChI is InChI=1S/C11H8FN5OS/c1-6-4-7(2-3-8(6)12)14-10(18)9-15-11-17(16-9)13-5-19-11/h2-5H,1H3,(H,14,18). The van der Waals surface area contributed by atoms with E-state index < -0.39 is 5.91 Å². The highest BCUT2D eigenvalue weighted by molar-refractivity contribution is 7.14. The lowest BCUT2D eigenvalue weighted by atomic mass is 10.2. The van der Waals surface area contributed by atoms with Crippen molar-refractivity contribution in [1.29, 1.82) is 0 Å². The van der Waals surface area contributed by atoms with Crippen LogP contribution in [0.5, 0.6) is 0 Å². The maximum absolute atomic E-state index is 13.1. The molecule has 0 spiro atoms. The largest absolute Gasteiger partial charge is 0.319 e. The molecule has 0 atom stereocenters. The van der Waals surface area contributed by atoms with E-state index in [1.165, 1.54) is 28.1 Å². The summed E-state index contributed by atoms with van der Waals surface area (Å²) in [6.45, 7) is 1.62. The molecule has 2 heterocycles. The van der Waals surface area contributed by atoms with Crippen molar-refractivity contribution in [2.24, 2.45) is 0 Å². The molecule has 0 saturated carbocycles. The van der Waals surface area contributed by atoms with E-state index in [0.717, 1.165) is 0 Å². The van der Waals surface area contributed by atoms with Crippen molar-refractivity contribution in [2.75, 3.05) is 5.32 Å². The van der Waals surface area contributed by atoms with Crippen LogP contribution in [-0.2, 0) is 0 Å². The van der Waals surface area contributed by atoms with Crippen LogP contribution in [0.3, 0.4) is 0 Å². The summed E-state index contributed by atoms with van der Waals surface area (Å²) in [6, 6.07) is 4.33. The first-order chi connectivity index (χ1) is 9.13. The zero-order valence-electron chi connectivity index (χ0n) is 9.79. The number of benzene rings is 1. The second-order valence-electron chi connectivity index (χ2n) is 3.86. The lowest BCUT2D eigenvalue weighted by Crippen LogP contribution is -2.14. The summed E-state index contributed by atoms with van der Waals surface area (Å²) in [5.41, 5.74) is 2.54. The molecular weight excluding hydrogens is 269 g/mol. The number of aromatic nitrogens is 4. The predicted molar refractivity (Wildman–Crippen MR) is 67.7 cm³/mol. The molecule has 2 aromatic heterocycles. The maximum atomic E-state index is 13.1. The van der Waals surface area contributed by atoms with Crippen molar-refractivity contribution in [3.05, 3.63) is 40.9 Å². The Balaban J connectivity index is 1.84. The quantitative estimate of drug-likeness (QED) is 0.776. The molecule has 0 fully saturated rings. The number of carbonyl (C=O) groups excluding carboxylic acids is 1. The van der Waals surface area contributed by atoms with Gasteiger partial charge >= 0.3 is 0 Å². The molecule has 6 nitrogen and oxygen atoms in total. The molecule has 0 aliphatic carbocycles. The van der Waals surface area contributed by atoms with Crippen LogP contribution < -0.4 is 5.32 Å². The van der Waals surface area contributed by atoms with E-state index in [1.54, 1.807) is 18.5 Å². The molecule has 0 radical (unpaired) electrons. The van der Waals surface area contributed by atoms with E-state index in [0.29, 0.717) is 16.2 Å². The molecule has 96 valence electrons. The van der Waals surface area contributed by atoms with Gasteiger partial charge in [0, 0.05) is 5.69 Å². The minimum atomic E-state index is -0.455. The van der Waals surface area contributed by atoms with E-state index in [-0.39, 0.29) is 11.6 Å². The Morgan fingerprint density at radius 2 is 2.32 bits per heavy atom. The first-order valence-electron chi connectivity index (χ1n) is 5.37. The molecule has 0 aliphatic rings. The summed E-state index contributed by atoms with van der Waals surface area (Å²) in [7, 11) is 0. The van der Waals surface area contributed by atoms with Crippen molar-refractivity contribution in [3.8, 4) is 0 Å². The summed E-state index contributed by atoms with van der Waals surface area (Å²) in [6.07, 6.45) is 0. The second-order valence-corrected chi connectivity index (χ2v) is 4.68. The Kier molecular flexibility index (Phi) is 2.71. The van der Waals surface area contributed by atoms with Crippen LogP contribution in [0.15, 0.2) is 23.7 Å². The number of halogens is 1. The number of amides is 1. The van der Waals surface area contributed by atoms with Gasteiger partial charge in [-0.15, -0.1) is 14.8 Å². The third kappa shape index (κ3) is 2.17. The zero-order chi connectivity index (χ0) is 13.4. The van der Waals surface area contributed by atoms with Gasteiger partial charge in [0.2, 0.25) is 10.8 Å². The van der Waals surface area contributed by atoms with Crippen molar-refractivity contribution in [1.82, 2.24) is 19.8 Å². The summed E-state index contributed by atoms with van der Waals surface area (Å²) in [5, 5.41) is 10.4. The molecule has 0 aliphatic heterocycles. The average Bonchev–Trinajstić information content (AvgIpc) is 2.94. The van der Waals surface area contributed by atoms with Gasteiger partial charge in [0.05, 0.1) is 0 Å². The third-order valence-electron chi connectivity index (χ3n) is 2.50. The fourth-order valence-electron chi connectivity index (χ4n) is 1.56.